The fraction of sp³-hybridized carbons (Fsp3) is 0.357. The number of likely N-dealkylation sites (tertiary alicyclic amines) is 1. The molecule has 0 amide bonds. The van der Waals surface area contributed by atoms with Crippen molar-refractivity contribution >= 4 is 22.7 Å². The number of hydrogen-bond acceptors (Lipinski definition) is 6. The molecule has 0 radical (unpaired) electrons. The monoisotopic (exact) mass is 481 g/mol. The fourth-order valence-corrected chi connectivity index (χ4v) is 4.67. The molecular weight excluding hydrogens is 450 g/mol. The minimum atomic E-state index is -0.175. The van der Waals surface area contributed by atoms with E-state index in [9.17, 15) is 4.79 Å². The van der Waals surface area contributed by atoms with Crippen LogP contribution in [0.5, 0.6) is 0 Å². The summed E-state index contributed by atoms with van der Waals surface area (Å²) in [4.78, 5) is 29.1. The molecule has 0 saturated carbocycles. The molecule has 5 rings (SSSR count). The molecule has 0 spiro atoms. The van der Waals surface area contributed by atoms with E-state index in [2.05, 4.69) is 63.3 Å². The summed E-state index contributed by atoms with van der Waals surface area (Å²) in [5, 5.41) is 4.06. The summed E-state index contributed by atoms with van der Waals surface area (Å²) in [6.07, 6.45) is 7.63. The van der Waals surface area contributed by atoms with Gasteiger partial charge in [-0.3, -0.25) is 9.36 Å². The van der Waals surface area contributed by atoms with Crippen LogP contribution in [0, 0.1) is 11.8 Å². The van der Waals surface area contributed by atoms with Gasteiger partial charge < -0.3 is 14.8 Å². The molecule has 8 heteroatoms. The van der Waals surface area contributed by atoms with Crippen LogP contribution < -0.4 is 10.9 Å². The SMILES string of the molecule is CC(C)n1c(=O)c(C#Cc2nccn2C)cc2cnc(Nc3ccc(C4CCN(C)CC4)cc3)nc21. The summed E-state index contributed by atoms with van der Waals surface area (Å²) >= 11 is 0. The highest BCUT2D eigenvalue weighted by Crippen LogP contribution is 2.28. The van der Waals surface area contributed by atoms with Crippen molar-refractivity contribution in [2.45, 2.75) is 38.6 Å². The van der Waals surface area contributed by atoms with E-state index in [4.69, 9.17) is 4.98 Å². The molecule has 1 aliphatic rings. The van der Waals surface area contributed by atoms with Gasteiger partial charge in [-0.05, 0) is 82.4 Å². The van der Waals surface area contributed by atoms with Gasteiger partial charge in [-0.15, -0.1) is 0 Å². The largest absolute Gasteiger partial charge is 0.327 e. The molecule has 1 saturated heterocycles. The first kappa shape index (κ1) is 23.8. The highest BCUT2D eigenvalue weighted by atomic mass is 16.1. The van der Waals surface area contributed by atoms with Crippen molar-refractivity contribution in [3.05, 3.63) is 76.2 Å². The summed E-state index contributed by atoms with van der Waals surface area (Å²) in [7, 11) is 4.05. The molecule has 1 N–H and O–H groups in total. The lowest BCUT2D eigenvalue weighted by atomic mass is 9.89. The van der Waals surface area contributed by atoms with Gasteiger partial charge in [0.15, 0.2) is 5.82 Å². The zero-order valence-electron chi connectivity index (χ0n) is 21.2. The van der Waals surface area contributed by atoms with Crippen molar-refractivity contribution in [2.75, 3.05) is 25.5 Å². The summed E-state index contributed by atoms with van der Waals surface area (Å²) in [5.41, 5.74) is 3.10. The van der Waals surface area contributed by atoms with Crippen molar-refractivity contribution in [2.24, 2.45) is 7.05 Å². The molecule has 0 unspecified atom stereocenters. The third-order valence-electron chi connectivity index (χ3n) is 6.78. The van der Waals surface area contributed by atoms with Gasteiger partial charge in [0.05, 0.1) is 5.56 Å². The maximum absolute atomic E-state index is 13.3. The lowest BCUT2D eigenvalue weighted by molar-refractivity contribution is 0.255. The molecule has 1 aromatic carbocycles. The van der Waals surface area contributed by atoms with Gasteiger partial charge in [0.25, 0.3) is 5.56 Å². The van der Waals surface area contributed by atoms with Crippen LogP contribution in [-0.2, 0) is 7.05 Å². The summed E-state index contributed by atoms with van der Waals surface area (Å²) in [6, 6.07) is 10.2. The fourth-order valence-electron chi connectivity index (χ4n) is 4.67. The van der Waals surface area contributed by atoms with Crippen LogP contribution in [0.4, 0.5) is 11.6 Å². The Kier molecular flexibility index (Phi) is 6.57. The smallest absolute Gasteiger partial charge is 0.268 e. The molecule has 1 aliphatic heterocycles. The zero-order chi connectivity index (χ0) is 25.2. The van der Waals surface area contributed by atoms with Crippen LogP contribution in [0.1, 0.15) is 55.6 Å². The predicted octanol–water partition coefficient (Wildman–Crippen LogP) is 4.06. The zero-order valence-corrected chi connectivity index (χ0v) is 21.2. The van der Waals surface area contributed by atoms with Gasteiger partial charge in [0.2, 0.25) is 5.95 Å². The van der Waals surface area contributed by atoms with Gasteiger partial charge in [0, 0.05) is 42.8 Å². The van der Waals surface area contributed by atoms with Crippen molar-refractivity contribution in [1.82, 2.24) is 29.0 Å². The number of aryl methyl sites for hydroxylation is 1. The molecule has 4 aromatic rings. The number of pyridine rings is 1. The summed E-state index contributed by atoms with van der Waals surface area (Å²) in [6.45, 7) is 6.22. The van der Waals surface area contributed by atoms with Crippen LogP contribution >= 0.6 is 0 Å². The number of imidazole rings is 1. The number of nitrogens with zero attached hydrogens (tertiary/aromatic N) is 6. The number of fused-ring (bicyclic) bond motifs is 1. The third-order valence-corrected chi connectivity index (χ3v) is 6.78. The van der Waals surface area contributed by atoms with E-state index in [-0.39, 0.29) is 11.6 Å². The Morgan fingerprint density at radius 1 is 1.06 bits per heavy atom. The molecule has 184 valence electrons. The van der Waals surface area contributed by atoms with E-state index in [1.165, 1.54) is 18.4 Å². The number of aromatic nitrogens is 5. The van der Waals surface area contributed by atoms with E-state index in [0.717, 1.165) is 24.2 Å². The quantitative estimate of drug-likeness (QED) is 0.443. The van der Waals surface area contributed by atoms with E-state index in [1.807, 2.05) is 31.7 Å². The molecular formula is C28H31N7O. The first-order valence-corrected chi connectivity index (χ1v) is 12.4. The minimum Gasteiger partial charge on any atom is -0.327 e. The first-order chi connectivity index (χ1) is 17.4. The van der Waals surface area contributed by atoms with Crippen LogP contribution in [0.15, 0.2) is 53.7 Å². The van der Waals surface area contributed by atoms with Gasteiger partial charge >= 0.3 is 0 Å². The summed E-state index contributed by atoms with van der Waals surface area (Å²) in [5.74, 6) is 7.65. The third kappa shape index (κ3) is 4.88. The first-order valence-electron chi connectivity index (χ1n) is 12.4. The van der Waals surface area contributed by atoms with Crippen molar-refractivity contribution in [3.63, 3.8) is 0 Å². The average molecular weight is 482 g/mol. The second-order valence-corrected chi connectivity index (χ2v) is 9.74. The Labute approximate surface area is 211 Å². The molecule has 1 fully saturated rings. The predicted molar refractivity (Wildman–Crippen MR) is 143 cm³/mol. The molecule has 8 nitrogen and oxygen atoms in total. The maximum Gasteiger partial charge on any atom is 0.268 e. The average Bonchev–Trinajstić information content (AvgIpc) is 3.28. The second-order valence-electron chi connectivity index (χ2n) is 9.74. The number of benzene rings is 1. The number of piperidine rings is 1. The molecule has 3 aromatic heterocycles. The van der Waals surface area contributed by atoms with Gasteiger partial charge in [-0.2, -0.15) is 4.98 Å². The van der Waals surface area contributed by atoms with Crippen molar-refractivity contribution < 1.29 is 0 Å². The Morgan fingerprint density at radius 2 is 1.81 bits per heavy atom. The number of anilines is 2. The van der Waals surface area contributed by atoms with Crippen LogP contribution in [0.3, 0.4) is 0 Å². The highest BCUT2D eigenvalue weighted by molar-refractivity contribution is 5.77. The van der Waals surface area contributed by atoms with E-state index in [0.29, 0.717) is 28.9 Å². The normalized spacial score (nSPS) is 14.7. The van der Waals surface area contributed by atoms with E-state index in [1.54, 1.807) is 23.0 Å². The van der Waals surface area contributed by atoms with Gasteiger partial charge in [0.1, 0.15) is 5.65 Å². The molecule has 4 heterocycles. The maximum atomic E-state index is 13.3. The van der Waals surface area contributed by atoms with Crippen LogP contribution in [0.2, 0.25) is 0 Å². The molecule has 0 aliphatic carbocycles. The molecule has 0 bridgehead atoms. The number of hydrogen-bond donors (Lipinski definition) is 1. The molecule has 36 heavy (non-hydrogen) atoms. The Balaban J connectivity index is 1.43. The number of nitrogens with one attached hydrogen (secondary N) is 1. The van der Waals surface area contributed by atoms with E-state index >= 15 is 0 Å². The summed E-state index contributed by atoms with van der Waals surface area (Å²) < 4.78 is 3.49. The topological polar surface area (TPSA) is 80.9 Å². The Bertz CT molecular complexity index is 1500. The Hall–Kier alpha value is -3.96. The van der Waals surface area contributed by atoms with Crippen LogP contribution in [-0.4, -0.2) is 49.1 Å². The van der Waals surface area contributed by atoms with Crippen molar-refractivity contribution in [3.8, 4) is 11.8 Å². The van der Waals surface area contributed by atoms with Crippen LogP contribution in [0.25, 0.3) is 11.0 Å². The van der Waals surface area contributed by atoms with E-state index < -0.39 is 0 Å². The Morgan fingerprint density at radius 3 is 2.47 bits per heavy atom. The number of rotatable bonds is 4. The van der Waals surface area contributed by atoms with Gasteiger partial charge in [-0.25, -0.2) is 9.97 Å². The standard InChI is InChI=1S/C28H31N7O/c1-19(2)35-26-23(17-22(27(35)36)7-10-25-29-13-16-34(25)4)18-30-28(32-26)31-24-8-5-20(6-9-24)21-11-14-33(3)15-12-21/h5-6,8-9,13,16-19,21H,11-12,14-15H2,1-4H3,(H,30,31,32). The van der Waals surface area contributed by atoms with Crippen molar-refractivity contribution in [1.29, 1.82) is 0 Å². The lowest BCUT2D eigenvalue weighted by Crippen LogP contribution is -2.29. The van der Waals surface area contributed by atoms with Gasteiger partial charge in [-0.1, -0.05) is 18.1 Å². The second kappa shape index (κ2) is 9.96. The lowest BCUT2D eigenvalue weighted by Gasteiger charge is -2.29. The molecule has 0 atom stereocenters. The highest BCUT2D eigenvalue weighted by Gasteiger charge is 2.18. The minimum absolute atomic E-state index is 0.0912.